The highest BCUT2D eigenvalue weighted by Gasteiger charge is 2.20. The van der Waals surface area contributed by atoms with E-state index in [1.807, 2.05) is 7.05 Å². The molecule has 0 spiro atoms. The molecule has 0 fully saturated rings. The van der Waals surface area contributed by atoms with Crippen LogP contribution in [0.5, 0.6) is 0 Å². The molecule has 2 rings (SSSR count). The van der Waals surface area contributed by atoms with E-state index in [1.165, 1.54) is 0 Å². The van der Waals surface area contributed by atoms with Crippen LogP contribution in [-0.4, -0.2) is 15.6 Å². The zero-order chi connectivity index (χ0) is 8.72. The normalized spacial score (nSPS) is 15.1. The fourth-order valence-electron chi connectivity index (χ4n) is 1.21. The number of nitrogens with zero attached hydrogens (tertiary/aromatic N) is 2. The quantitative estimate of drug-likeness (QED) is 0.587. The summed E-state index contributed by atoms with van der Waals surface area (Å²) in [5.41, 5.74) is 1.39. The Morgan fingerprint density at radius 2 is 2.33 bits per heavy atom. The molecule has 0 unspecified atom stereocenters. The van der Waals surface area contributed by atoms with Gasteiger partial charge in [0.2, 0.25) is 0 Å². The number of fused-ring (bicyclic) bond motifs is 1. The topological polar surface area (TPSA) is 59.0 Å². The van der Waals surface area contributed by atoms with Crippen LogP contribution in [0.4, 0.5) is 10.6 Å². The van der Waals surface area contributed by atoms with Crippen molar-refractivity contribution < 1.29 is 4.79 Å². The number of nitrogens with one attached hydrogen (secondary N) is 2. The van der Waals surface area contributed by atoms with Crippen LogP contribution in [0.25, 0.3) is 5.70 Å². The van der Waals surface area contributed by atoms with Crippen molar-refractivity contribution in [3.63, 3.8) is 0 Å². The summed E-state index contributed by atoms with van der Waals surface area (Å²) in [4.78, 5) is 14.9. The maximum Gasteiger partial charge on any atom is 0.324 e. The third-order valence-electron chi connectivity index (χ3n) is 1.72. The number of urea groups is 1. The molecule has 0 saturated heterocycles. The van der Waals surface area contributed by atoms with Crippen molar-refractivity contribution >= 4 is 17.5 Å². The zero-order valence-corrected chi connectivity index (χ0v) is 6.59. The predicted molar refractivity (Wildman–Crippen MR) is 44.4 cm³/mol. The SMILES string of the molecule is C=C1NC(=O)Nc2ncn(C)c21. The van der Waals surface area contributed by atoms with E-state index in [9.17, 15) is 4.79 Å². The maximum absolute atomic E-state index is 10.9. The molecule has 1 aliphatic heterocycles. The molecule has 5 nitrogen and oxygen atoms in total. The van der Waals surface area contributed by atoms with E-state index in [4.69, 9.17) is 0 Å². The van der Waals surface area contributed by atoms with E-state index < -0.39 is 0 Å². The first-order valence-electron chi connectivity index (χ1n) is 3.47. The van der Waals surface area contributed by atoms with Gasteiger partial charge in [-0.1, -0.05) is 6.58 Å². The summed E-state index contributed by atoms with van der Waals surface area (Å²) in [6.45, 7) is 3.71. The Balaban J connectivity index is 2.57. The summed E-state index contributed by atoms with van der Waals surface area (Å²) in [5, 5.41) is 5.13. The molecule has 0 saturated carbocycles. The van der Waals surface area contributed by atoms with Crippen LogP contribution in [0.2, 0.25) is 0 Å². The van der Waals surface area contributed by atoms with Crippen molar-refractivity contribution in [1.82, 2.24) is 14.9 Å². The van der Waals surface area contributed by atoms with Gasteiger partial charge in [0.1, 0.15) is 5.69 Å². The second-order valence-corrected chi connectivity index (χ2v) is 2.61. The summed E-state index contributed by atoms with van der Waals surface area (Å²) >= 11 is 0. The number of rotatable bonds is 0. The molecular formula is C7H8N4O. The maximum atomic E-state index is 10.9. The number of imidazole rings is 1. The fraction of sp³-hybridized carbons (Fsp3) is 0.143. The summed E-state index contributed by atoms with van der Waals surface area (Å²) in [6, 6.07) is -0.286. The Kier molecular flexibility index (Phi) is 1.21. The molecule has 0 bridgehead atoms. The molecular weight excluding hydrogens is 156 g/mol. The number of aryl methyl sites for hydroxylation is 1. The summed E-state index contributed by atoms with van der Waals surface area (Å²) in [6.07, 6.45) is 1.63. The van der Waals surface area contributed by atoms with Gasteiger partial charge in [0.05, 0.1) is 12.0 Å². The van der Waals surface area contributed by atoms with Crippen LogP contribution < -0.4 is 10.6 Å². The van der Waals surface area contributed by atoms with Crippen LogP contribution in [0.15, 0.2) is 12.9 Å². The largest absolute Gasteiger partial charge is 0.331 e. The van der Waals surface area contributed by atoms with Crippen LogP contribution in [0.3, 0.4) is 0 Å². The average Bonchev–Trinajstić information content (AvgIpc) is 2.31. The molecule has 5 heteroatoms. The van der Waals surface area contributed by atoms with E-state index in [0.29, 0.717) is 11.5 Å². The average molecular weight is 164 g/mol. The number of anilines is 1. The Morgan fingerprint density at radius 1 is 1.58 bits per heavy atom. The van der Waals surface area contributed by atoms with Gasteiger partial charge in [0.25, 0.3) is 0 Å². The molecule has 0 radical (unpaired) electrons. The summed E-state index contributed by atoms with van der Waals surface area (Å²) in [5.74, 6) is 0.561. The highest BCUT2D eigenvalue weighted by atomic mass is 16.2. The highest BCUT2D eigenvalue weighted by Crippen LogP contribution is 2.21. The van der Waals surface area contributed by atoms with Gasteiger partial charge in [0, 0.05) is 7.05 Å². The minimum atomic E-state index is -0.286. The molecule has 1 aromatic heterocycles. The van der Waals surface area contributed by atoms with Gasteiger partial charge in [-0.3, -0.25) is 5.32 Å². The van der Waals surface area contributed by atoms with Crippen molar-refractivity contribution in [2.24, 2.45) is 7.05 Å². The number of aromatic nitrogens is 2. The van der Waals surface area contributed by atoms with Crippen LogP contribution >= 0.6 is 0 Å². The third-order valence-corrected chi connectivity index (χ3v) is 1.72. The first-order chi connectivity index (χ1) is 5.68. The highest BCUT2D eigenvalue weighted by molar-refractivity contribution is 6.00. The molecule has 62 valence electrons. The third kappa shape index (κ3) is 0.795. The Morgan fingerprint density at radius 3 is 3.08 bits per heavy atom. The van der Waals surface area contributed by atoms with Crippen molar-refractivity contribution in [3.8, 4) is 0 Å². The second kappa shape index (κ2) is 2.10. The lowest BCUT2D eigenvalue weighted by molar-refractivity contribution is 0.255. The lowest BCUT2D eigenvalue weighted by Gasteiger charge is -2.16. The number of hydrogen-bond acceptors (Lipinski definition) is 2. The van der Waals surface area contributed by atoms with E-state index in [-0.39, 0.29) is 6.03 Å². The molecule has 2 heterocycles. The standard InChI is InChI=1S/C7H8N4O/c1-4-5-6(8-3-11(5)2)10-7(12)9-4/h3H,1H2,2H3,(H2,9,10,12). The molecule has 1 aliphatic rings. The lowest BCUT2D eigenvalue weighted by Crippen LogP contribution is -2.32. The smallest absolute Gasteiger partial charge is 0.324 e. The predicted octanol–water partition coefficient (Wildman–Crippen LogP) is 0.526. The first kappa shape index (κ1) is 6.90. The monoisotopic (exact) mass is 164 g/mol. The van der Waals surface area contributed by atoms with Crippen LogP contribution in [0.1, 0.15) is 5.69 Å². The van der Waals surface area contributed by atoms with Crippen LogP contribution in [0, 0.1) is 0 Å². The lowest BCUT2D eigenvalue weighted by atomic mass is 10.3. The molecule has 12 heavy (non-hydrogen) atoms. The van der Waals surface area contributed by atoms with Gasteiger partial charge in [-0.25, -0.2) is 9.78 Å². The first-order valence-corrected chi connectivity index (χ1v) is 3.47. The number of carbonyl (C=O) groups is 1. The zero-order valence-electron chi connectivity index (χ0n) is 6.59. The number of carbonyl (C=O) groups excluding carboxylic acids is 1. The van der Waals surface area contributed by atoms with E-state index >= 15 is 0 Å². The van der Waals surface area contributed by atoms with E-state index in [0.717, 1.165) is 5.69 Å². The molecule has 1 aromatic rings. The Labute approximate surface area is 69.1 Å². The van der Waals surface area contributed by atoms with Gasteiger partial charge in [-0.05, 0) is 0 Å². The van der Waals surface area contributed by atoms with Gasteiger partial charge in [-0.2, -0.15) is 0 Å². The molecule has 0 aromatic carbocycles. The fourth-order valence-corrected chi connectivity index (χ4v) is 1.21. The molecule has 0 atom stereocenters. The van der Waals surface area contributed by atoms with Crippen LogP contribution in [-0.2, 0) is 7.05 Å². The molecule has 0 aliphatic carbocycles. The van der Waals surface area contributed by atoms with E-state index in [1.54, 1.807) is 10.9 Å². The summed E-state index contributed by atoms with van der Waals surface area (Å²) in [7, 11) is 1.84. The van der Waals surface area contributed by atoms with Gasteiger partial charge >= 0.3 is 6.03 Å². The van der Waals surface area contributed by atoms with Gasteiger partial charge < -0.3 is 9.88 Å². The minimum Gasteiger partial charge on any atom is -0.331 e. The molecule has 2 N–H and O–H groups in total. The Hall–Kier alpha value is -1.78. The molecule has 2 amide bonds. The van der Waals surface area contributed by atoms with Crippen molar-refractivity contribution in [2.75, 3.05) is 5.32 Å². The number of hydrogen-bond donors (Lipinski definition) is 2. The van der Waals surface area contributed by atoms with Crippen molar-refractivity contribution in [2.45, 2.75) is 0 Å². The van der Waals surface area contributed by atoms with Gasteiger partial charge in [0.15, 0.2) is 5.82 Å². The minimum absolute atomic E-state index is 0.286. The second-order valence-electron chi connectivity index (χ2n) is 2.61. The van der Waals surface area contributed by atoms with Gasteiger partial charge in [-0.15, -0.1) is 0 Å². The summed E-state index contributed by atoms with van der Waals surface area (Å²) < 4.78 is 1.80. The van der Waals surface area contributed by atoms with Crippen molar-refractivity contribution in [1.29, 1.82) is 0 Å². The van der Waals surface area contributed by atoms with E-state index in [2.05, 4.69) is 22.2 Å². The number of amides is 2. The van der Waals surface area contributed by atoms with Crippen molar-refractivity contribution in [3.05, 3.63) is 18.6 Å². The Bertz CT molecular complexity index is 365.